The number of pyridine rings is 2. The fourth-order valence-electron chi connectivity index (χ4n) is 4.99. The van der Waals surface area contributed by atoms with Gasteiger partial charge in [-0.15, -0.1) is 0 Å². The largest absolute Gasteiger partial charge is 0.349 e. The molecule has 1 aliphatic rings. The van der Waals surface area contributed by atoms with Crippen molar-refractivity contribution in [3.8, 4) is 5.69 Å². The maximum absolute atomic E-state index is 13.0. The normalized spacial score (nSPS) is 17.9. The summed E-state index contributed by atoms with van der Waals surface area (Å²) in [5, 5.41) is 8.63. The van der Waals surface area contributed by atoms with Crippen LogP contribution >= 0.6 is 0 Å². The maximum atomic E-state index is 13.0. The highest BCUT2D eigenvalue weighted by molar-refractivity contribution is 5.94. The number of Topliss-reactive ketones (excluding diaryl/α,β-unsaturated/α-hetero) is 1. The highest BCUT2D eigenvalue weighted by Crippen LogP contribution is 2.28. The number of amides is 1. The minimum Gasteiger partial charge on any atom is -0.349 e. The van der Waals surface area contributed by atoms with Crippen LogP contribution in [0.5, 0.6) is 0 Å². The van der Waals surface area contributed by atoms with Crippen molar-refractivity contribution in [1.82, 2.24) is 25.1 Å². The predicted molar refractivity (Wildman–Crippen MR) is 134 cm³/mol. The topological polar surface area (TPSA) is 89.8 Å². The van der Waals surface area contributed by atoms with E-state index in [0.29, 0.717) is 12.0 Å². The van der Waals surface area contributed by atoms with Crippen molar-refractivity contribution in [3.63, 3.8) is 0 Å². The first-order valence-electron chi connectivity index (χ1n) is 12.2. The molecule has 1 aliphatic carbocycles. The molecule has 3 aromatic heterocycles. The minimum atomic E-state index is -0.0662. The zero-order valence-corrected chi connectivity index (χ0v) is 19.9. The van der Waals surface area contributed by atoms with E-state index in [1.54, 1.807) is 18.6 Å². The molecule has 0 saturated heterocycles. The summed E-state index contributed by atoms with van der Waals surface area (Å²) in [7, 11) is 0. The van der Waals surface area contributed by atoms with Gasteiger partial charge in [-0.3, -0.25) is 19.6 Å². The van der Waals surface area contributed by atoms with Crippen LogP contribution in [0.25, 0.3) is 16.6 Å². The molecule has 178 valence electrons. The Kier molecular flexibility index (Phi) is 6.66. The maximum Gasteiger partial charge on any atom is 0.251 e. The van der Waals surface area contributed by atoms with Crippen LogP contribution in [-0.2, 0) is 11.2 Å². The van der Waals surface area contributed by atoms with Gasteiger partial charge < -0.3 is 5.32 Å². The van der Waals surface area contributed by atoms with Crippen molar-refractivity contribution < 1.29 is 9.59 Å². The third kappa shape index (κ3) is 5.29. The van der Waals surface area contributed by atoms with Crippen LogP contribution in [0.2, 0.25) is 0 Å². The molecule has 7 nitrogen and oxygen atoms in total. The number of nitrogens with one attached hydrogen (secondary N) is 1. The lowest BCUT2D eigenvalue weighted by atomic mass is 9.81. The van der Waals surface area contributed by atoms with Gasteiger partial charge in [-0.1, -0.05) is 31.0 Å². The van der Waals surface area contributed by atoms with Crippen molar-refractivity contribution >= 4 is 22.6 Å². The van der Waals surface area contributed by atoms with Gasteiger partial charge in [0.2, 0.25) is 0 Å². The second kappa shape index (κ2) is 10.2. The third-order valence-corrected chi connectivity index (χ3v) is 6.77. The Morgan fingerprint density at radius 2 is 1.86 bits per heavy atom. The van der Waals surface area contributed by atoms with E-state index in [4.69, 9.17) is 0 Å². The molecular formula is C28H29N5O2. The molecule has 1 N–H and O–H groups in total. The van der Waals surface area contributed by atoms with Gasteiger partial charge in [-0.2, -0.15) is 5.10 Å². The lowest BCUT2D eigenvalue weighted by Gasteiger charge is -2.32. The van der Waals surface area contributed by atoms with Crippen LogP contribution in [-0.4, -0.2) is 37.5 Å². The van der Waals surface area contributed by atoms with E-state index < -0.39 is 0 Å². The zero-order valence-electron chi connectivity index (χ0n) is 19.9. The highest BCUT2D eigenvalue weighted by atomic mass is 16.1. The number of hydrogen-bond acceptors (Lipinski definition) is 5. The molecule has 0 unspecified atom stereocenters. The van der Waals surface area contributed by atoms with E-state index in [9.17, 15) is 9.59 Å². The number of fused-ring (bicyclic) bond motifs is 1. The van der Waals surface area contributed by atoms with E-state index in [0.717, 1.165) is 53.7 Å². The Labute approximate surface area is 204 Å². The van der Waals surface area contributed by atoms with E-state index in [2.05, 4.69) is 20.4 Å². The fraction of sp³-hybridized carbons (Fsp3) is 0.321. The second-order valence-electron chi connectivity index (χ2n) is 9.36. The molecular weight excluding hydrogens is 438 g/mol. The number of benzene rings is 1. The monoisotopic (exact) mass is 467 g/mol. The Morgan fingerprint density at radius 3 is 2.69 bits per heavy atom. The van der Waals surface area contributed by atoms with Gasteiger partial charge in [0.25, 0.3) is 5.91 Å². The summed E-state index contributed by atoms with van der Waals surface area (Å²) in [6.07, 6.45) is 10.1. The van der Waals surface area contributed by atoms with Crippen molar-refractivity contribution in [2.24, 2.45) is 5.92 Å². The predicted octanol–water partition coefficient (Wildman–Crippen LogP) is 4.61. The van der Waals surface area contributed by atoms with Gasteiger partial charge >= 0.3 is 0 Å². The van der Waals surface area contributed by atoms with Crippen molar-refractivity contribution in [2.75, 3.05) is 0 Å². The second-order valence-corrected chi connectivity index (χ2v) is 9.36. The fourth-order valence-corrected chi connectivity index (χ4v) is 4.99. The van der Waals surface area contributed by atoms with E-state index >= 15 is 0 Å². The van der Waals surface area contributed by atoms with E-state index in [1.165, 1.54) is 0 Å². The Bertz CT molecular complexity index is 1350. The number of hydrogen-bond donors (Lipinski definition) is 1. The molecule has 2 atom stereocenters. The first-order valence-corrected chi connectivity index (χ1v) is 12.2. The van der Waals surface area contributed by atoms with Crippen molar-refractivity contribution in [3.05, 3.63) is 84.1 Å². The minimum absolute atomic E-state index is 0.0258. The molecule has 7 heteroatoms. The molecule has 0 bridgehead atoms. The Balaban J connectivity index is 1.25. The molecule has 5 rings (SSSR count). The van der Waals surface area contributed by atoms with Crippen LogP contribution < -0.4 is 5.32 Å². The van der Waals surface area contributed by atoms with Crippen LogP contribution in [0.4, 0.5) is 0 Å². The molecule has 0 spiro atoms. The molecule has 0 aliphatic heterocycles. The lowest BCUT2D eigenvalue weighted by Crippen LogP contribution is -2.43. The summed E-state index contributed by atoms with van der Waals surface area (Å²) < 4.78 is 1.84. The molecule has 3 heterocycles. The SMILES string of the molecule is Cc1cc(-n2ncc3cc(CC(=O)C[C@H]4CCCC[C@@H]4NC(=O)c4ccccc4)ncc32)ccn1. The van der Waals surface area contributed by atoms with Gasteiger partial charge in [-0.05, 0) is 56.0 Å². The first kappa shape index (κ1) is 22.9. The van der Waals surface area contributed by atoms with E-state index in [1.807, 2.05) is 60.1 Å². The molecule has 1 saturated carbocycles. The van der Waals surface area contributed by atoms with Gasteiger partial charge in [0.1, 0.15) is 5.78 Å². The highest BCUT2D eigenvalue weighted by Gasteiger charge is 2.28. The van der Waals surface area contributed by atoms with Gasteiger partial charge in [0, 0.05) is 47.4 Å². The van der Waals surface area contributed by atoms with Crippen molar-refractivity contribution in [1.29, 1.82) is 0 Å². The standard InChI is InChI=1S/C28H29N5O2/c1-19-13-24(11-12-29-19)33-27-18-30-23(14-22(27)17-31-33)16-25(34)15-21-9-5-6-10-26(21)32-28(35)20-7-3-2-4-8-20/h2-4,7-8,11-14,17-18,21,26H,5-6,9-10,15-16H2,1H3,(H,32,35)/t21-,26+/m1/s1. The number of carbonyl (C=O) groups is 2. The summed E-state index contributed by atoms with van der Waals surface area (Å²) in [5.74, 6) is 0.244. The number of rotatable bonds is 7. The van der Waals surface area contributed by atoms with Gasteiger partial charge in [0.15, 0.2) is 0 Å². The quantitative estimate of drug-likeness (QED) is 0.429. The summed E-state index contributed by atoms with van der Waals surface area (Å²) in [4.78, 5) is 34.5. The van der Waals surface area contributed by atoms with Crippen LogP contribution in [0, 0.1) is 12.8 Å². The zero-order chi connectivity index (χ0) is 24.2. The molecule has 1 amide bonds. The van der Waals surface area contributed by atoms with Crippen LogP contribution in [0.1, 0.15) is 53.8 Å². The van der Waals surface area contributed by atoms with Gasteiger partial charge in [-0.25, -0.2) is 4.68 Å². The number of carbonyl (C=O) groups excluding carboxylic acids is 2. The lowest BCUT2D eigenvalue weighted by molar-refractivity contribution is -0.119. The number of nitrogens with zero attached hydrogens (tertiary/aromatic N) is 4. The third-order valence-electron chi connectivity index (χ3n) is 6.77. The smallest absolute Gasteiger partial charge is 0.251 e. The summed E-state index contributed by atoms with van der Waals surface area (Å²) in [5.41, 5.74) is 4.14. The molecule has 0 radical (unpaired) electrons. The Hall–Kier alpha value is -3.87. The van der Waals surface area contributed by atoms with Crippen molar-refractivity contribution in [2.45, 2.75) is 51.5 Å². The molecule has 4 aromatic rings. The average molecular weight is 468 g/mol. The molecule has 1 fully saturated rings. The average Bonchev–Trinajstić information content (AvgIpc) is 3.29. The first-order chi connectivity index (χ1) is 17.1. The summed E-state index contributed by atoms with van der Waals surface area (Å²) >= 11 is 0. The Morgan fingerprint density at radius 1 is 1.03 bits per heavy atom. The van der Waals surface area contributed by atoms with E-state index in [-0.39, 0.29) is 30.1 Å². The summed E-state index contributed by atoms with van der Waals surface area (Å²) in [6, 6.07) is 15.1. The molecule has 1 aromatic carbocycles. The number of ketones is 1. The van der Waals surface area contributed by atoms with Crippen LogP contribution in [0.15, 0.2) is 67.1 Å². The number of aromatic nitrogens is 4. The van der Waals surface area contributed by atoms with Crippen LogP contribution in [0.3, 0.4) is 0 Å². The van der Waals surface area contributed by atoms with Gasteiger partial charge in [0.05, 0.1) is 23.6 Å². The molecule has 35 heavy (non-hydrogen) atoms. The number of aryl methyl sites for hydroxylation is 1. The summed E-state index contributed by atoms with van der Waals surface area (Å²) in [6.45, 7) is 1.95.